The van der Waals surface area contributed by atoms with Crippen molar-refractivity contribution in [3.05, 3.63) is 16.5 Å². The first-order chi connectivity index (χ1) is 10.7. The number of amides is 1. The van der Waals surface area contributed by atoms with Gasteiger partial charge in [-0.1, -0.05) is 0 Å². The van der Waals surface area contributed by atoms with Gasteiger partial charge in [0.15, 0.2) is 0 Å². The average molecular weight is 349 g/mol. The molecule has 0 spiro atoms. The molecule has 1 fully saturated rings. The number of hydrogen-bond acceptors (Lipinski definition) is 4. The van der Waals surface area contributed by atoms with Crippen LogP contribution in [0, 0.1) is 0 Å². The molecule has 2 aliphatic carbocycles. The van der Waals surface area contributed by atoms with Crippen molar-refractivity contribution in [2.24, 2.45) is 0 Å². The van der Waals surface area contributed by atoms with Crippen LogP contribution in [0.25, 0.3) is 0 Å². The minimum atomic E-state index is -4.42. The molecule has 0 unspecified atom stereocenters. The lowest BCUT2D eigenvalue weighted by Gasteiger charge is -2.24. The molecule has 1 heterocycles. The number of carbonyl (C=O) groups excluding carboxylic acids is 1. The molecule has 0 aliphatic heterocycles. The van der Waals surface area contributed by atoms with Crippen molar-refractivity contribution in [1.82, 2.24) is 15.3 Å². The number of aromatic nitrogens is 2. The van der Waals surface area contributed by atoms with Gasteiger partial charge >= 0.3 is 6.18 Å². The number of anilines is 1. The number of likely N-dealkylation sites (N-methyl/N-ethyl adjacent to an activating group) is 1. The normalized spacial score (nSPS) is 18.5. The molecular weight excluding hydrogens is 333 g/mol. The molecule has 1 aromatic heterocycles. The molecule has 1 saturated carbocycles. The van der Waals surface area contributed by atoms with Crippen LogP contribution in [-0.4, -0.2) is 41.2 Å². The fraction of sp³-hybridized carbons (Fsp3) is 0.643. The van der Waals surface area contributed by atoms with E-state index in [1.54, 1.807) is 7.05 Å². The molecule has 3 rings (SSSR count). The Kier molecular flexibility index (Phi) is 3.90. The van der Waals surface area contributed by atoms with E-state index in [1.165, 1.54) is 4.90 Å². The quantitative estimate of drug-likeness (QED) is 0.848. The first kappa shape index (κ1) is 16.3. The Morgan fingerprint density at radius 3 is 2.65 bits per heavy atom. The van der Waals surface area contributed by atoms with Gasteiger partial charge in [-0.3, -0.25) is 4.79 Å². The summed E-state index contributed by atoms with van der Waals surface area (Å²) in [4.78, 5) is 21.8. The van der Waals surface area contributed by atoms with Gasteiger partial charge in [-0.05, 0) is 43.7 Å². The third-order valence-corrected chi connectivity index (χ3v) is 4.47. The van der Waals surface area contributed by atoms with Gasteiger partial charge in [-0.15, -0.1) is 0 Å². The van der Waals surface area contributed by atoms with Crippen molar-refractivity contribution < 1.29 is 18.0 Å². The Hall–Kier alpha value is -1.57. The van der Waals surface area contributed by atoms with Crippen molar-refractivity contribution in [3.63, 3.8) is 0 Å². The van der Waals surface area contributed by atoms with Crippen LogP contribution in [-0.2, 0) is 17.6 Å². The fourth-order valence-corrected chi connectivity index (χ4v) is 3.08. The number of aryl methyl sites for hydroxylation is 1. The van der Waals surface area contributed by atoms with Crippen LogP contribution in [0.5, 0.6) is 0 Å². The Balaban J connectivity index is 1.71. The highest BCUT2D eigenvalue weighted by atomic mass is 35.5. The highest BCUT2D eigenvalue weighted by molar-refractivity contribution is 6.28. The zero-order chi connectivity index (χ0) is 16.8. The van der Waals surface area contributed by atoms with Crippen LogP contribution in [0.2, 0.25) is 5.28 Å². The van der Waals surface area contributed by atoms with Crippen molar-refractivity contribution in [3.8, 4) is 0 Å². The maximum absolute atomic E-state index is 12.9. The summed E-state index contributed by atoms with van der Waals surface area (Å²) in [7, 11) is 1.62. The van der Waals surface area contributed by atoms with E-state index in [1.807, 2.05) is 0 Å². The summed E-state index contributed by atoms with van der Waals surface area (Å²) < 4.78 is 38.6. The maximum Gasteiger partial charge on any atom is 0.411 e. The van der Waals surface area contributed by atoms with Gasteiger partial charge < -0.3 is 10.2 Å². The second-order valence-electron chi connectivity index (χ2n) is 6.08. The predicted molar refractivity (Wildman–Crippen MR) is 78.5 cm³/mol. The van der Waals surface area contributed by atoms with Gasteiger partial charge in [0.05, 0.1) is 12.2 Å². The summed E-state index contributed by atoms with van der Waals surface area (Å²) >= 11 is 5.89. The van der Waals surface area contributed by atoms with Gasteiger partial charge in [0, 0.05) is 12.6 Å². The lowest BCUT2D eigenvalue weighted by Crippen LogP contribution is -2.50. The summed E-state index contributed by atoms with van der Waals surface area (Å²) in [5, 5.41) is 2.19. The third kappa shape index (κ3) is 3.08. The molecule has 0 atom stereocenters. The minimum Gasteiger partial charge on any atom is -0.350 e. The van der Waals surface area contributed by atoms with E-state index in [-0.39, 0.29) is 24.7 Å². The maximum atomic E-state index is 12.9. The molecule has 1 N–H and O–H groups in total. The average Bonchev–Trinajstić information content (AvgIpc) is 3.07. The lowest BCUT2D eigenvalue weighted by molar-refractivity contribution is -0.170. The number of nitrogens with zero attached hydrogens (tertiary/aromatic N) is 3. The van der Waals surface area contributed by atoms with Crippen molar-refractivity contribution in [2.75, 3.05) is 18.5 Å². The highest BCUT2D eigenvalue weighted by Crippen LogP contribution is 2.48. The molecule has 126 valence electrons. The van der Waals surface area contributed by atoms with Crippen molar-refractivity contribution in [1.29, 1.82) is 0 Å². The number of carbonyl (C=O) groups is 1. The second kappa shape index (κ2) is 5.51. The standard InChI is InChI=1S/C14H16ClF3N4O/c1-22(7-10(23)21-13(5-6-13)14(16,17)18)11-8-3-2-4-9(8)19-12(15)20-11/h2-7H2,1H3,(H,21,23). The van der Waals surface area contributed by atoms with E-state index >= 15 is 0 Å². The Morgan fingerprint density at radius 2 is 2.04 bits per heavy atom. The van der Waals surface area contributed by atoms with Gasteiger partial charge in [0.2, 0.25) is 11.2 Å². The molecule has 9 heteroatoms. The first-order valence-corrected chi connectivity index (χ1v) is 7.74. The molecule has 5 nitrogen and oxygen atoms in total. The van der Waals surface area contributed by atoms with Gasteiger partial charge in [-0.2, -0.15) is 13.2 Å². The molecular formula is C14H16ClF3N4O. The van der Waals surface area contributed by atoms with Gasteiger partial charge in [0.1, 0.15) is 11.4 Å². The van der Waals surface area contributed by atoms with Crippen LogP contribution in [0.15, 0.2) is 0 Å². The second-order valence-corrected chi connectivity index (χ2v) is 6.42. The van der Waals surface area contributed by atoms with Gasteiger partial charge in [0.25, 0.3) is 0 Å². The molecule has 0 radical (unpaired) electrons. The molecule has 0 bridgehead atoms. The van der Waals surface area contributed by atoms with Crippen LogP contribution in [0.4, 0.5) is 19.0 Å². The van der Waals surface area contributed by atoms with E-state index in [4.69, 9.17) is 11.6 Å². The van der Waals surface area contributed by atoms with E-state index in [0.717, 1.165) is 30.5 Å². The number of fused-ring (bicyclic) bond motifs is 1. The van der Waals surface area contributed by atoms with Crippen LogP contribution in [0.3, 0.4) is 0 Å². The molecule has 2 aliphatic rings. The van der Waals surface area contributed by atoms with Crippen LogP contribution >= 0.6 is 11.6 Å². The number of nitrogens with one attached hydrogen (secondary N) is 1. The first-order valence-electron chi connectivity index (χ1n) is 7.36. The number of rotatable bonds is 4. The topological polar surface area (TPSA) is 58.1 Å². The van der Waals surface area contributed by atoms with E-state index in [0.29, 0.717) is 5.82 Å². The number of alkyl halides is 3. The van der Waals surface area contributed by atoms with Crippen LogP contribution < -0.4 is 10.2 Å². The summed E-state index contributed by atoms with van der Waals surface area (Å²) in [6.45, 7) is -0.211. The SMILES string of the molecule is CN(CC(=O)NC1(C(F)(F)F)CC1)c1nc(Cl)nc2c1CCC2. The summed E-state index contributed by atoms with van der Waals surface area (Å²) in [5.74, 6) is -0.159. The predicted octanol–water partition coefficient (Wildman–Crippen LogP) is 2.27. The largest absolute Gasteiger partial charge is 0.411 e. The Labute approximate surface area is 136 Å². The molecule has 0 aromatic carbocycles. The molecule has 1 amide bonds. The smallest absolute Gasteiger partial charge is 0.350 e. The minimum absolute atomic E-state index is 0.0688. The Bertz CT molecular complexity index is 646. The van der Waals surface area contributed by atoms with Gasteiger partial charge in [-0.25, -0.2) is 9.97 Å². The third-order valence-electron chi connectivity index (χ3n) is 4.30. The zero-order valence-electron chi connectivity index (χ0n) is 12.5. The molecule has 23 heavy (non-hydrogen) atoms. The summed E-state index contributed by atoms with van der Waals surface area (Å²) in [6, 6.07) is 0. The lowest BCUT2D eigenvalue weighted by atomic mass is 10.2. The summed E-state index contributed by atoms with van der Waals surface area (Å²) in [5.41, 5.74) is -0.279. The Morgan fingerprint density at radius 1 is 1.35 bits per heavy atom. The monoisotopic (exact) mass is 348 g/mol. The number of hydrogen-bond donors (Lipinski definition) is 1. The fourth-order valence-electron chi connectivity index (χ4n) is 2.90. The zero-order valence-corrected chi connectivity index (χ0v) is 13.3. The van der Waals surface area contributed by atoms with E-state index in [9.17, 15) is 18.0 Å². The van der Waals surface area contributed by atoms with Crippen molar-refractivity contribution >= 4 is 23.3 Å². The van der Waals surface area contributed by atoms with E-state index in [2.05, 4.69) is 15.3 Å². The highest BCUT2D eigenvalue weighted by Gasteiger charge is 2.64. The summed E-state index contributed by atoms with van der Waals surface area (Å²) in [6.07, 6.45) is -2.06. The number of halogens is 4. The molecule has 1 aromatic rings. The van der Waals surface area contributed by atoms with Crippen molar-refractivity contribution in [2.45, 2.75) is 43.8 Å². The molecule has 0 saturated heterocycles. The van der Waals surface area contributed by atoms with E-state index < -0.39 is 17.6 Å². The van der Waals surface area contributed by atoms with Crippen LogP contribution in [0.1, 0.15) is 30.5 Å².